The van der Waals surface area contributed by atoms with Crippen LogP contribution in [0.25, 0.3) is 0 Å². The zero-order chi connectivity index (χ0) is 14.5. The molecule has 0 spiro atoms. The third kappa shape index (κ3) is 3.95. The summed E-state index contributed by atoms with van der Waals surface area (Å²) < 4.78 is 5.32. The number of nitrogens with zero attached hydrogens (tertiary/aromatic N) is 1. The van der Waals surface area contributed by atoms with E-state index in [1.54, 1.807) is 7.11 Å². The van der Waals surface area contributed by atoms with Crippen LogP contribution < -0.4 is 5.73 Å². The molecule has 0 aliphatic carbocycles. The average molecular weight is 297 g/mol. The normalized spacial score (nSPS) is 23.5. The summed E-state index contributed by atoms with van der Waals surface area (Å²) in [5.74, 6) is 0.606. The van der Waals surface area contributed by atoms with Crippen molar-refractivity contribution >= 4 is 11.6 Å². The zero-order valence-electron chi connectivity index (χ0n) is 12.4. The van der Waals surface area contributed by atoms with Crippen LogP contribution in [0.2, 0.25) is 5.02 Å². The van der Waals surface area contributed by atoms with Crippen LogP contribution in [0.1, 0.15) is 31.4 Å². The van der Waals surface area contributed by atoms with E-state index < -0.39 is 0 Å². The number of piperidine rings is 1. The third-order valence-electron chi connectivity index (χ3n) is 4.03. The Labute approximate surface area is 127 Å². The molecular formula is C16H25ClN2O. The lowest BCUT2D eigenvalue weighted by Gasteiger charge is -2.40. The Bertz CT molecular complexity index is 423. The van der Waals surface area contributed by atoms with Crippen molar-refractivity contribution in [3.05, 3.63) is 34.9 Å². The van der Waals surface area contributed by atoms with Crippen LogP contribution >= 0.6 is 11.6 Å². The van der Waals surface area contributed by atoms with Gasteiger partial charge in [-0.3, -0.25) is 4.90 Å². The number of hydrogen-bond acceptors (Lipinski definition) is 3. The highest BCUT2D eigenvalue weighted by atomic mass is 35.5. The number of likely N-dealkylation sites (tertiary alicyclic amines) is 1. The maximum absolute atomic E-state index is 6.25. The van der Waals surface area contributed by atoms with Gasteiger partial charge in [0.15, 0.2) is 0 Å². The highest BCUT2D eigenvalue weighted by molar-refractivity contribution is 6.30. The lowest BCUT2D eigenvalue weighted by molar-refractivity contribution is 0.0619. The highest BCUT2D eigenvalue weighted by Crippen LogP contribution is 2.30. The number of nitrogens with two attached hydrogens (primary N) is 1. The predicted octanol–water partition coefficient (Wildman–Crippen LogP) is 3.09. The number of rotatable bonds is 5. The first-order valence-electron chi connectivity index (χ1n) is 7.36. The van der Waals surface area contributed by atoms with Crippen molar-refractivity contribution in [1.82, 2.24) is 4.90 Å². The SMILES string of the molecule is COCC1CCCN(C(c2cccc(Cl)c2)C(C)N)C1. The largest absolute Gasteiger partial charge is 0.384 e. The quantitative estimate of drug-likeness (QED) is 0.907. The second-order valence-electron chi connectivity index (χ2n) is 5.82. The van der Waals surface area contributed by atoms with Gasteiger partial charge in [-0.2, -0.15) is 0 Å². The van der Waals surface area contributed by atoms with E-state index >= 15 is 0 Å². The van der Waals surface area contributed by atoms with Crippen LogP contribution in [-0.2, 0) is 4.74 Å². The predicted molar refractivity (Wildman–Crippen MR) is 84.0 cm³/mol. The zero-order valence-corrected chi connectivity index (χ0v) is 13.1. The minimum absolute atomic E-state index is 0.0785. The molecule has 3 atom stereocenters. The second kappa shape index (κ2) is 7.41. The Balaban J connectivity index is 2.16. The van der Waals surface area contributed by atoms with Gasteiger partial charge in [0.05, 0.1) is 6.61 Å². The molecular weight excluding hydrogens is 272 g/mol. The van der Waals surface area contributed by atoms with Crippen molar-refractivity contribution < 1.29 is 4.74 Å². The molecule has 2 rings (SSSR count). The van der Waals surface area contributed by atoms with E-state index in [0.29, 0.717) is 5.92 Å². The van der Waals surface area contributed by atoms with Gasteiger partial charge in [-0.15, -0.1) is 0 Å². The molecule has 1 fully saturated rings. The van der Waals surface area contributed by atoms with Crippen molar-refractivity contribution in [3.63, 3.8) is 0 Å². The van der Waals surface area contributed by atoms with E-state index in [1.165, 1.54) is 18.4 Å². The summed E-state index contributed by atoms with van der Waals surface area (Å²) in [5.41, 5.74) is 7.47. The van der Waals surface area contributed by atoms with Gasteiger partial charge in [-0.1, -0.05) is 23.7 Å². The van der Waals surface area contributed by atoms with Crippen molar-refractivity contribution in [1.29, 1.82) is 0 Å². The molecule has 2 N–H and O–H groups in total. The van der Waals surface area contributed by atoms with E-state index in [9.17, 15) is 0 Å². The smallest absolute Gasteiger partial charge is 0.0502 e. The summed E-state index contributed by atoms with van der Waals surface area (Å²) in [6, 6.07) is 8.38. The molecule has 3 unspecified atom stereocenters. The standard InChI is InChI=1S/C16H25ClN2O/c1-12(18)16(14-6-3-7-15(17)9-14)19-8-4-5-13(10-19)11-20-2/h3,6-7,9,12-13,16H,4-5,8,10-11,18H2,1-2H3. The van der Waals surface area contributed by atoms with Crippen LogP contribution in [0, 0.1) is 5.92 Å². The lowest BCUT2D eigenvalue weighted by atomic mass is 9.92. The number of ether oxygens (including phenoxy) is 1. The summed E-state index contributed by atoms with van der Waals surface area (Å²) in [6.07, 6.45) is 2.45. The molecule has 3 nitrogen and oxygen atoms in total. The number of methoxy groups -OCH3 is 1. The molecule has 1 aromatic carbocycles. The minimum atomic E-state index is 0.0785. The van der Waals surface area contributed by atoms with E-state index in [1.807, 2.05) is 18.2 Å². The maximum atomic E-state index is 6.25. The molecule has 1 aromatic rings. The molecule has 4 heteroatoms. The molecule has 0 radical (unpaired) electrons. The Morgan fingerprint density at radius 3 is 2.95 bits per heavy atom. The minimum Gasteiger partial charge on any atom is -0.384 e. The van der Waals surface area contributed by atoms with Gasteiger partial charge in [0.2, 0.25) is 0 Å². The molecule has 1 saturated heterocycles. The molecule has 0 amide bonds. The number of halogens is 1. The van der Waals surface area contributed by atoms with Crippen molar-refractivity contribution in [2.45, 2.75) is 31.8 Å². The molecule has 0 bridgehead atoms. The van der Waals surface area contributed by atoms with Gasteiger partial charge in [0.25, 0.3) is 0 Å². The average Bonchev–Trinajstić information content (AvgIpc) is 2.39. The number of benzene rings is 1. The van der Waals surface area contributed by atoms with Gasteiger partial charge in [-0.05, 0) is 49.9 Å². The first-order chi connectivity index (χ1) is 9.61. The summed E-state index contributed by atoms with van der Waals surface area (Å²) >= 11 is 6.13. The van der Waals surface area contributed by atoms with Crippen LogP contribution in [0.4, 0.5) is 0 Å². The first-order valence-corrected chi connectivity index (χ1v) is 7.73. The second-order valence-corrected chi connectivity index (χ2v) is 6.25. The fourth-order valence-corrected chi connectivity index (χ4v) is 3.46. The lowest BCUT2D eigenvalue weighted by Crippen LogP contribution is -2.45. The summed E-state index contributed by atoms with van der Waals surface area (Å²) in [6.45, 7) is 5.05. The van der Waals surface area contributed by atoms with Crippen molar-refractivity contribution in [3.8, 4) is 0 Å². The van der Waals surface area contributed by atoms with E-state index in [-0.39, 0.29) is 12.1 Å². The summed E-state index contributed by atoms with van der Waals surface area (Å²) in [4.78, 5) is 2.49. The Hall–Kier alpha value is -0.610. The molecule has 1 aliphatic heterocycles. The van der Waals surface area contributed by atoms with Crippen molar-refractivity contribution in [2.24, 2.45) is 11.7 Å². The number of hydrogen-bond donors (Lipinski definition) is 1. The van der Waals surface area contributed by atoms with Gasteiger partial charge < -0.3 is 10.5 Å². The van der Waals surface area contributed by atoms with Gasteiger partial charge >= 0.3 is 0 Å². The van der Waals surface area contributed by atoms with Crippen LogP contribution in [-0.4, -0.2) is 37.7 Å². The van der Waals surface area contributed by atoms with Crippen LogP contribution in [0.15, 0.2) is 24.3 Å². The third-order valence-corrected chi connectivity index (χ3v) is 4.27. The maximum Gasteiger partial charge on any atom is 0.0502 e. The van der Waals surface area contributed by atoms with Gasteiger partial charge in [0, 0.05) is 30.8 Å². The summed E-state index contributed by atoms with van der Waals surface area (Å²) in [7, 11) is 1.78. The Morgan fingerprint density at radius 1 is 1.50 bits per heavy atom. The fraction of sp³-hybridized carbons (Fsp3) is 0.625. The Kier molecular flexibility index (Phi) is 5.85. The molecule has 0 aromatic heterocycles. The van der Waals surface area contributed by atoms with Crippen molar-refractivity contribution in [2.75, 3.05) is 26.8 Å². The van der Waals surface area contributed by atoms with Gasteiger partial charge in [-0.25, -0.2) is 0 Å². The van der Waals surface area contributed by atoms with E-state index in [0.717, 1.165) is 24.7 Å². The molecule has 1 heterocycles. The van der Waals surface area contributed by atoms with Crippen LogP contribution in [0.3, 0.4) is 0 Å². The van der Waals surface area contributed by atoms with E-state index in [4.69, 9.17) is 22.1 Å². The Morgan fingerprint density at radius 2 is 2.30 bits per heavy atom. The first kappa shape index (κ1) is 15.8. The van der Waals surface area contributed by atoms with Gasteiger partial charge in [0.1, 0.15) is 0 Å². The molecule has 0 saturated carbocycles. The topological polar surface area (TPSA) is 38.5 Å². The molecule has 1 aliphatic rings. The monoisotopic (exact) mass is 296 g/mol. The molecule has 20 heavy (non-hydrogen) atoms. The summed E-state index contributed by atoms with van der Waals surface area (Å²) in [5, 5.41) is 0.776. The molecule has 112 valence electrons. The highest BCUT2D eigenvalue weighted by Gasteiger charge is 2.29. The van der Waals surface area contributed by atoms with E-state index in [2.05, 4.69) is 17.9 Å². The van der Waals surface area contributed by atoms with Crippen LogP contribution in [0.5, 0.6) is 0 Å². The fourth-order valence-electron chi connectivity index (χ4n) is 3.26.